The molecule has 1 atom stereocenters. The fraction of sp³-hybridized carbons (Fsp3) is 0.923. The topological polar surface area (TPSA) is 0 Å². The summed E-state index contributed by atoms with van der Waals surface area (Å²) in [5.74, 6) is 1.78. The Bertz CT molecular complexity index is 111. The summed E-state index contributed by atoms with van der Waals surface area (Å²) in [5, 5.41) is 0. The Kier molecular flexibility index (Phi) is 5.34. The summed E-state index contributed by atoms with van der Waals surface area (Å²) in [7, 11) is 0. The molecule has 76 valence electrons. The van der Waals surface area contributed by atoms with Crippen LogP contribution in [0.15, 0.2) is 0 Å². The highest BCUT2D eigenvalue weighted by Gasteiger charge is 2.16. The second-order valence-corrected chi connectivity index (χ2v) is 4.74. The van der Waals surface area contributed by atoms with E-state index in [0.29, 0.717) is 0 Å². The van der Waals surface area contributed by atoms with E-state index in [2.05, 4.69) is 13.8 Å². The molecule has 0 aliphatic heterocycles. The van der Waals surface area contributed by atoms with E-state index in [9.17, 15) is 0 Å². The molecule has 1 fully saturated rings. The van der Waals surface area contributed by atoms with Gasteiger partial charge in [-0.2, -0.15) is 0 Å². The van der Waals surface area contributed by atoms with Crippen LogP contribution < -0.4 is 0 Å². The lowest BCUT2D eigenvalue weighted by Gasteiger charge is -2.21. The highest BCUT2D eigenvalue weighted by Crippen LogP contribution is 2.29. The Morgan fingerprint density at radius 3 is 2.46 bits per heavy atom. The van der Waals surface area contributed by atoms with Crippen molar-refractivity contribution in [2.75, 3.05) is 0 Å². The molecule has 0 bridgehead atoms. The van der Waals surface area contributed by atoms with Crippen molar-refractivity contribution in [3.05, 3.63) is 6.92 Å². The van der Waals surface area contributed by atoms with Gasteiger partial charge in [-0.3, -0.25) is 0 Å². The minimum Gasteiger partial charge on any atom is -0.0652 e. The minimum absolute atomic E-state index is 0.729. The predicted molar refractivity (Wildman–Crippen MR) is 59.6 cm³/mol. The molecule has 0 aromatic rings. The van der Waals surface area contributed by atoms with Crippen molar-refractivity contribution >= 4 is 0 Å². The highest BCUT2D eigenvalue weighted by molar-refractivity contribution is 4.69. The van der Waals surface area contributed by atoms with Gasteiger partial charge in [0.1, 0.15) is 0 Å². The zero-order valence-corrected chi connectivity index (χ0v) is 9.23. The third-order valence-corrected chi connectivity index (χ3v) is 3.40. The lowest BCUT2D eigenvalue weighted by Crippen LogP contribution is -2.08. The molecule has 0 heteroatoms. The first-order valence-electron chi connectivity index (χ1n) is 6.16. The maximum atomic E-state index is 4.21. The van der Waals surface area contributed by atoms with Crippen molar-refractivity contribution in [1.29, 1.82) is 0 Å². The molecular formula is C13H25+. The van der Waals surface area contributed by atoms with Gasteiger partial charge in [0.15, 0.2) is 0 Å². The molecule has 0 heterocycles. The average Bonchev–Trinajstić information content (AvgIpc) is 2.17. The number of hydrogen-bond donors (Lipinski definition) is 0. The number of rotatable bonds is 5. The second kappa shape index (κ2) is 6.34. The zero-order valence-electron chi connectivity index (χ0n) is 9.23. The first-order valence-corrected chi connectivity index (χ1v) is 6.16. The molecule has 0 nitrogen and oxygen atoms in total. The smallest absolute Gasteiger partial charge is 0.0652 e. The van der Waals surface area contributed by atoms with Crippen LogP contribution in [0.1, 0.15) is 64.7 Å². The Morgan fingerprint density at radius 2 is 1.85 bits per heavy atom. The first kappa shape index (κ1) is 10.9. The van der Waals surface area contributed by atoms with Crippen molar-refractivity contribution in [2.24, 2.45) is 11.8 Å². The van der Waals surface area contributed by atoms with Crippen LogP contribution in [0.4, 0.5) is 0 Å². The molecule has 0 saturated heterocycles. The van der Waals surface area contributed by atoms with Gasteiger partial charge in [-0.25, -0.2) is 0 Å². The van der Waals surface area contributed by atoms with Crippen LogP contribution in [0.3, 0.4) is 0 Å². The molecule has 0 spiro atoms. The van der Waals surface area contributed by atoms with Crippen LogP contribution in [0.25, 0.3) is 0 Å². The second-order valence-electron chi connectivity index (χ2n) is 4.74. The van der Waals surface area contributed by atoms with E-state index in [1.54, 1.807) is 0 Å². The summed E-state index contributed by atoms with van der Waals surface area (Å²) in [4.78, 5) is 0. The van der Waals surface area contributed by atoms with Crippen LogP contribution in [0.2, 0.25) is 0 Å². The summed E-state index contributed by atoms with van der Waals surface area (Å²) < 4.78 is 0. The van der Waals surface area contributed by atoms with E-state index in [1.807, 2.05) is 0 Å². The summed E-state index contributed by atoms with van der Waals surface area (Å²) in [6.45, 7) is 6.47. The molecule has 1 aliphatic carbocycles. The fourth-order valence-electron chi connectivity index (χ4n) is 2.50. The molecule has 1 rings (SSSR count). The SMILES string of the molecule is [CH2+]C(CCC)CCC1CCCCC1. The van der Waals surface area contributed by atoms with Gasteiger partial charge in [0.2, 0.25) is 0 Å². The monoisotopic (exact) mass is 181 g/mol. The largest absolute Gasteiger partial charge is 0.0953 e. The first-order chi connectivity index (χ1) is 6.33. The van der Waals surface area contributed by atoms with Gasteiger partial charge in [-0.15, -0.1) is 0 Å². The van der Waals surface area contributed by atoms with E-state index in [4.69, 9.17) is 0 Å². The highest BCUT2D eigenvalue weighted by atomic mass is 14.2. The zero-order chi connectivity index (χ0) is 9.52. The van der Waals surface area contributed by atoms with Crippen molar-refractivity contribution in [3.63, 3.8) is 0 Å². The molecule has 1 saturated carbocycles. The van der Waals surface area contributed by atoms with Crippen molar-refractivity contribution in [1.82, 2.24) is 0 Å². The van der Waals surface area contributed by atoms with Crippen LogP contribution >= 0.6 is 0 Å². The predicted octanol–water partition coefficient (Wildman–Crippen LogP) is 4.60. The molecule has 1 aliphatic rings. The van der Waals surface area contributed by atoms with E-state index < -0.39 is 0 Å². The molecule has 0 N–H and O–H groups in total. The maximum absolute atomic E-state index is 4.21. The molecule has 0 radical (unpaired) electrons. The quantitative estimate of drug-likeness (QED) is 0.544. The fourth-order valence-corrected chi connectivity index (χ4v) is 2.50. The molecule has 13 heavy (non-hydrogen) atoms. The van der Waals surface area contributed by atoms with E-state index in [1.165, 1.54) is 57.8 Å². The Labute approximate surface area is 84.1 Å². The van der Waals surface area contributed by atoms with Gasteiger partial charge in [0.25, 0.3) is 0 Å². The number of hydrogen-bond acceptors (Lipinski definition) is 0. The Morgan fingerprint density at radius 1 is 1.15 bits per heavy atom. The molecule has 0 aromatic heterocycles. The summed E-state index contributed by atoms with van der Waals surface area (Å²) in [6.07, 6.45) is 12.9. The van der Waals surface area contributed by atoms with E-state index in [-0.39, 0.29) is 0 Å². The molecule has 1 unspecified atom stereocenters. The van der Waals surface area contributed by atoms with Gasteiger partial charge < -0.3 is 0 Å². The molecule has 0 amide bonds. The van der Waals surface area contributed by atoms with E-state index in [0.717, 1.165) is 11.8 Å². The van der Waals surface area contributed by atoms with Gasteiger partial charge in [0, 0.05) is 0 Å². The van der Waals surface area contributed by atoms with Crippen LogP contribution in [0, 0.1) is 18.8 Å². The molecule has 0 aromatic carbocycles. The third-order valence-electron chi connectivity index (χ3n) is 3.40. The van der Waals surface area contributed by atoms with Crippen LogP contribution in [-0.4, -0.2) is 0 Å². The van der Waals surface area contributed by atoms with Crippen LogP contribution in [-0.2, 0) is 0 Å². The van der Waals surface area contributed by atoms with Gasteiger partial charge in [-0.05, 0) is 25.2 Å². The van der Waals surface area contributed by atoms with Gasteiger partial charge >= 0.3 is 0 Å². The van der Waals surface area contributed by atoms with Crippen molar-refractivity contribution in [3.8, 4) is 0 Å². The Hall–Kier alpha value is -0.130. The third kappa shape index (κ3) is 4.59. The van der Waals surface area contributed by atoms with Gasteiger partial charge in [0.05, 0.1) is 12.8 Å². The standard InChI is InChI=1S/C13H25/c1-3-7-12(2)10-11-13-8-5-4-6-9-13/h12-13H,2-11H2,1H3/q+1. The summed E-state index contributed by atoms with van der Waals surface area (Å²) >= 11 is 0. The Balaban J connectivity index is 2.03. The normalized spacial score (nSPS) is 21.6. The lowest BCUT2D eigenvalue weighted by atomic mass is 9.84. The van der Waals surface area contributed by atoms with E-state index >= 15 is 0 Å². The average molecular weight is 181 g/mol. The molecular weight excluding hydrogens is 156 g/mol. The minimum atomic E-state index is 0.729. The van der Waals surface area contributed by atoms with Gasteiger partial charge in [-0.1, -0.05) is 45.4 Å². The van der Waals surface area contributed by atoms with Crippen molar-refractivity contribution < 1.29 is 0 Å². The lowest BCUT2D eigenvalue weighted by molar-refractivity contribution is 0.315. The maximum Gasteiger partial charge on any atom is 0.0953 e. The van der Waals surface area contributed by atoms with Crippen LogP contribution in [0.5, 0.6) is 0 Å². The summed E-state index contributed by atoms with van der Waals surface area (Å²) in [5.41, 5.74) is 0. The van der Waals surface area contributed by atoms with Crippen molar-refractivity contribution in [2.45, 2.75) is 64.7 Å². The summed E-state index contributed by atoms with van der Waals surface area (Å²) in [6, 6.07) is 0.